The molecular formula is C45H92N2+2. The molecule has 0 saturated carbocycles. The summed E-state index contributed by atoms with van der Waals surface area (Å²) < 4.78 is 2.99. The van der Waals surface area contributed by atoms with Gasteiger partial charge < -0.3 is 0 Å². The fourth-order valence-corrected chi connectivity index (χ4v) is 9.51. The summed E-state index contributed by atoms with van der Waals surface area (Å²) in [5, 5.41) is 0. The van der Waals surface area contributed by atoms with Crippen LogP contribution in [0.5, 0.6) is 0 Å². The highest BCUT2D eigenvalue weighted by Crippen LogP contribution is 2.30. The van der Waals surface area contributed by atoms with Crippen molar-refractivity contribution in [3.8, 4) is 0 Å². The molecule has 0 bridgehead atoms. The lowest BCUT2D eigenvalue weighted by atomic mass is 10.0. The zero-order valence-electron chi connectivity index (χ0n) is 33.3. The molecule has 2 rings (SSSR count). The Balaban J connectivity index is 1.46. The number of hydrogen-bond donors (Lipinski definition) is 0. The second kappa shape index (κ2) is 30.7. The number of rotatable bonds is 36. The molecule has 2 aliphatic heterocycles. The molecule has 2 heteroatoms. The van der Waals surface area contributed by atoms with E-state index in [9.17, 15) is 0 Å². The number of quaternary nitrogens is 2. The summed E-state index contributed by atoms with van der Waals surface area (Å²) in [5.41, 5.74) is 0. The maximum Gasteiger partial charge on any atom is 0.207 e. The van der Waals surface area contributed by atoms with Gasteiger partial charge in [-0.3, -0.25) is 8.97 Å². The average molecular weight is 661 g/mol. The maximum atomic E-state index is 2.32. The highest BCUT2D eigenvalue weighted by Gasteiger charge is 2.43. The van der Waals surface area contributed by atoms with Crippen molar-refractivity contribution in [3.05, 3.63) is 0 Å². The average Bonchev–Trinajstić information content (AvgIpc) is 3.74. The lowest BCUT2D eigenvalue weighted by Gasteiger charge is -2.43. The Hall–Kier alpha value is -0.0800. The second-order valence-corrected chi connectivity index (χ2v) is 17.2. The molecule has 0 aromatic rings. The number of unbranched alkanes of at least 4 members (excludes halogenated alkanes) is 30. The Morgan fingerprint density at radius 1 is 0.255 bits per heavy atom. The first kappa shape index (κ1) is 43.1. The van der Waals surface area contributed by atoms with Crippen LogP contribution in [0.15, 0.2) is 0 Å². The van der Waals surface area contributed by atoms with Gasteiger partial charge in [0.2, 0.25) is 6.67 Å². The Kier molecular flexibility index (Phi) is 28.2. The van der Waals surface area contributed by atoms with E-state index in [1.54, 1.807) is 0 Å². The van der Waals surface area contributed by atoms with E-state index >= 15 is 0 Å². The summed E-state index contributed by atoms with van der Waals surface area (Å²) in [6.45, 7) is 15.1. The van der Waals surface area contributed by atoms with Crippen LogP contribution in [-0.2, 0) is 0 Å². The summed E-state index contributed by atoms with van der Waals surface area (Å²) >= 11 is 0. The predicted octanol–water partition coefficient (Wildman–Crippen LogP) is 14.7. The van der Waals surface area contributed by atoms with E-state index in [0.717, 1.165) is 0 Å². The molecular weight excluding hydrogens is 569 g/mol. The van der Waals surface area contributed by atoms with Crippen LogP contribution >= 0.6 is 0 Å². The van der Waals surface area contributed by atoms with Gasteiger partial charge in [0.05, 0.1) is 39.3 Å². The summed E-state index contributed by atoms with van der Waals surface area (Å²) in [4.78, 5) is 0. The van der Waals surface area contributed by atoms with Crippen molar-refractivity contribution in [1.82, 2.24) is 0 Å². The van der Waals surface area contributed by atoms with E-state index in [4.69, 9.17) is 0 Å². The molecule has 0 aromatic carbocycles. The van der Waals surface area contributed by atoms with Crippen molar-refractivity contribution in [1.29, 1.82) is 0 Å². The molecule has 0 radical (unpaired) electrons. The van der Waals surface area contributed by atoms with E-state index in [0.29, 0.717) is 0 Å². The molecule has 2 fully saturated rings. The summed E-state index contributed by atoms with van der Waals surface area (Å²) in [6, 6.07) is 0. The molecule has 2 aliphatic rings. The minimum absolute atomic E-state index is 1.37. The third-order valence-electron chi connectivity index (χ3n) is 12.6. The Labute approximate surface area is 299 Å². The molecule has 0 unspecified atom stereocenters. The van der Waals surface area contributed by atoms with Crippen molar-refractivity contribution in [3.63, 3.8) is 0 Å². The Bertz CT molecular complexity index is 578. The normalized spacial score (nSPS) is 17.2. The highest BCUT2D eigenvalue weighted by molar-refractivity contribution is 4.60. The number of nitrogens with zero attached hydrogens (tertiary/aromatic N) is 2. The molecule has 0 spiro atoms. The molecule has 2 nitrogen and oxygen atoms in total. The van der Waals surface area contributed by atoms with Gasteiger partial charge in [-0.15, -0.1) is 0 Å². The molecule has 2 saturated heterocycles. The van der Waals surface area contributed by atoms with Crippen LogP contribution < -0.4 is 0 Å². The van der Waals surface area contributed by atoms with E-state index < -0.39 is 0 Å². The first-order valence-corrected chi connectivity index (χ1v) is 22.9. The minimum atomic E-state index is 1.37. The molecule has 0 amide bonds. The van der Waals surface area contributed by atoms with Crippen LogP contribution in [-0.4, -0.2) is 54.9 Å². The van der Waals surface area contributed by atoms with Gasteiger partial charge in [-0.05, 0) is 25.7 Å². The van der Waals surface area contributed by atoms with Crippen molar-refractivity contribution in [2.45, 2.75) is 245 Å². The third kappa shape index (κ3) is 23.1. The zero-order valence-corrected chi connectivity index (χ0v) is 33.3. The SMILES string of the molecule is CCCCCCCCCCCCCCCCCC[N+]1(C[N+]2(CCCCCCCCCCCCCCCCCC)CCCC2)CCCC1. The van der Waals surface area contributed by atoms with Gasteiger partial charge in [-0.1, -0.05) is 194 Å². The van der Waals surface area contributed by atoms with Crippen LogP contribution in [0.1, 0.15) is 245 Å². The zero-order chi connectivity index (χ0) is 33.4. The number of hydrogen-bond acceptors (Lipinski definition) is 0. The van der Waals surface area contributed by atoms with Gasteiger partial charge >= 0.3 is 0 Å². The summed E-state index contributed by atoms with van der Waals surface area (Å²) in [5.74, 6) is 0. The van der Waals surface area contributed by atoms with Crippen molar-refractivity contribution >= 4 is 0 Å². The van der Waals surface area contributed by atoms with Crippen LogP contribution in [0.3, 0.4) is 0 Å². The fourth-order valence-electron chi connectivity index (χ4n) is 9.51. The first-order valence-electron chi connectivity index (χ1n) is 22.9. The Morgan fingerprint density at radius 3 is 0.660 bits per heavy atom. The monoisotopic (exact) mass is 661 g/mol. The largest absolute Gasteiger partial charge is 0.277 e. The van der Waals surface area contributed by atoms with Crippen LogP contribution in [0.4, 0.5) is 0 Å². The smallest absolute Gasteiger partial charge is 0.207 e. The third-order valence-corrected chi connectivity index (χ3v) is 12.6. The van der Waals surface area contributed by atoms with Gasteiger partial charge in [0.1, 0.15) is 0 Å². The van der Waals surface area contributed by atoms with Crippen molar-refractivity contribution in [2.24, 2.45) is 0 Å². The lowest BCUT2D eigenvalue weighted by molar-refractivity contribution is -1.09. The molecule has 2 heterocycles. The lowest BCUT2D eigenvalue weighted by Crippen LogP contribution is -2.61. The van der Waals surface area contributed by atoms with Gasteiger partial charge in [0.25, 0.3) is 0 Å². The van der Waals surface area contributed by atoms with Crippen LogP contribution in [0, 0.1) is 0 Å². The van der Waals surface area contributed by atoms with Crippen LogP contribution in [0.2, 0.25) is 0 Å². The van der Waals surface area contributed by atoms with E-state index in [1.165, 1.54) is 286 Å². The summed E-state index contributed by atoms with van der Waals surface area (Å²) in [6.07, 6.45) is 53.4. The van der Waals surface area contributed by atoms with Crippen LogP contribution in [0.25, 0.3) is 0 Å². The first-order chi connectivity index (χ1) is 23.2. The van der Waals surface area contributed by atoms with E-state index in [1.807, 2.05) is 0 Å². The number of likely N-dealkylation sites (tertiary alicyclic amines) is 2. The minimum Gasteiger partial charge on any atom is -0.277 e. The molecule has 0 N–H and O–H groups in total. The quantitative estimate of drug-likeness (QED) is 0.0463. The molecule has 47 heavy (non-hydrogen) atoms. The fraction of sp³-hybridized carbons (Fsp3) is 1.00. The van der Waals surface area contributed by atoms with Gasteiger partial charge in [-0.2, -0.15) is 0 Å². The van der Waals surface area contributed by atoms with Gasteiger partial charge in [0, 0.05) is 25.7 Å². The molecule has 280 valence electrons. The standard InChI is InChI=1S/C45H92N2/c1-3-5-7-9-11-13-15-17-19-21-23-25-27-29-31-33-39-46(41-35-36-42-46)45-47(43-37-38-44-47)40-34-32-30-28-26-24-22-20-18-16-14-12-10-8-6-4-2/h3-45H2,1-2H3/q+2. The van der Waals surface area contributed by atoms with Crippen molar-refractivity contribution in [2.75, 3.05) is 45.9 Å². The van der Waals surface area contributed by atoms with E-state index in [2.05, 4.69) is 13.8 Å². The van der Waals surface area contributed by atoms with Gasteiger partial charge in [-0.25, -0.2) is 0 Å². The van der Waals surface area contributed by atoms with Gasteiger partial charge in [0.15, 0.2) is 0 Å². The molecule has 0 aliphatic carbocycles. The maximum absolute atomic E-state index is 2.32. The molecule has 0 aromatic heterocycles. The Morgan fingerprint density at radius 2 is 0.447 bits per heavy atom. The second-order valence-electron chi connectivity index (χ2n) is 17.2. The summed E-state index contributed by atoms with van der Waals surface area (Å²) in [7, 11) is 0. The molecule has 0 atom stereocenters. The highest BCUT2D eigenvalue weighted by atomic mass is 15.5. The van der Waals surface area contributed by atoms with E-state index in [-0.39, 0.29) is 0 Å². The van der Waals surface area contributed by atoms with Crippen molar-refractivity contribution < 1.29 is 8.97 Å². The topological polar surface area (TPSA) is 0 Å². The predicted molar refractivity (Wildman–Crippen MR) is 212 cm³/mol.